The maximum absolute atomic E-state index is 12.2. The van der Waals surface area contributed by atoms with E-state index in [4.69, 9.17) is 4.74 Å². The van der Waals surface area contributed by atoms with Crippen molar-refractivity contribution in [1.82, 2.24) is 4.90 Å². The number of benzene rings is 2. The Bertz CT molecular complexity index is 806. The molecule has 0 aliphatic carbocycles. The van der Waals surface area contributed by atoms with Crippen molar-refractivity contribution in [3.05, 3.63) is 64.7 Å². The van der Waals surface area contributed by atoms with E-state index in [1.807, 2.05) is 26.0 Å². The van der Waals surface area contributed by atoms with E-state index in [1.54, 1.807) is 30.3 Å². The fraction of sp³-hybridized carbons (Fsp3) is 0.211. The van der Waals surface area contributed by atoms with Crippen LogP contribution in [0.25, 0.3) is 0 Å². The van der Waals surface area contributed by atoms with Crippen LogP contribution < -0.4 is 4.74 Å². The minimum absolute atomic E-state index is 0.0100. The van der Waals surface area contributed by atoms with Crippen LogP contribution in [-0.2, 0) is 4.79 Å². The summed E-state index contributed by atoms with van der Waals surface area (Å²) < 4.78 is 5.32. The van der Waals surface area contributed by atoms with Crippen molar-refractivity contribution in [2.45, 2.75) is 20.3 Å². The molecule has 1 heterocycles. The summed E-state index contributed by atoms with van der Waals surface area (Å²) in [6.45, 7) is 3.83. The molecular formula is C19H17NO4. The smallest absolute Gasteiger partial charge is 0.313 e. The van der Waals surface area contributed by atoms with Gasteiger partial charge < -0.3 is 4.74 Å². The van der Waals surface area contributed by atoms with Crippen molar-refractivity contribution in [2.24, 2.45) is 0 Å². The van der Waals surface area contributed by atoms with Crippen molar-refractivity contribution >= 4 is 17.8 Å². The van der Waals surface area contributed by atoms with Gasteiger partial charge in [-0.3, -0.25) is 19.3 Å². The van der Waals surface area contributed by atoms with Crippen LogP contribution in [0.1, 0.15) is 38.3 Å². The van der Waals surface area contributed by atoms with Crippen LogP contribution in [0.3, 0.4) is 0 Å². The highest BCUT2D eigenvalue weighted by molar-refractivity contribution is 6.21. The maximum Gasteiger partial charge on any atom is 0.313 e. The van der Waals surface area contributed by atoms with Gasteiger partial charge in [0.25, 0.3) is 11.8 Å². The molecule has 0 atom stereocenters. The second-order valence-corrected chi connectivity index (χ2v) is 5.80. The molecule has 0 fully saturated rings. The van der Waals surface area contributed by atoms with Crippen molar-refractivity contribution in [1.29, 1.82) is 0 Å². The number of imide groups is 1. The van der Waals surface area contributed by atoms with Gasteiger partial charge in [0.05, 0.1) is 17.5 Å². The lowest BCUT2D eigenvalue weighted by Crippen LogP contribution is -2.32. The van der Waals surface area contributed by atoms with Crippen molar-refractivity contribution in [2.75, 3.05) is 6.54 Å². The normalized spacial score (nSPS) is 13.2. The standard InChI is InChI=1S/C19H17NO4/c1-12-7-8-16(13(2)11-12)24-17(21)9-10-20-18(22)14-5-3-4-6-15(14)19(20)23/h3-8,11H,9-10H2,1-2H3. The minimum atomic E-state index is -0.474. The van der Waals surface area contributed by atoms with Crippen LogP contribution in [0, 0.1) is 13.8 Å². The SMILES string of the molecule is Cc1ccc(OC(=O)CCN2C(=O)c3ccccc3C2=O)c(C)c1. The lowest BCUT2D eigenvalue weighted by Gasteiger charge is -2.13. The van der Waals surface area contributed by atoms with Crippen molar-refractivity contribution in [3.8, 4) is 5.75 Å². The van der Waals surface area contributed by atoms with Crippen LogP contribution in [-0.4, -0.2) is 29.2 Å². The largest absolute Gasteiger partial charge is 0.426 e. The molecule has 0 saturated heterocycles. The van der Waals surface area contributed by atoms with Gasteiger partial charge in [-0.2, -0.15) is 0 Å². The van der Waals surface area contributed by atoms with E-state index in [2.05, 4.69) is 0 Å². The van der Waals surface area contributed by atoms with Crippen LogP contribution in [0.5, 0.6) is 5.75 Å². The maximum atomic E-state index is 12.2. The summed E-state index contributed by atoms with van der Waals surface area (Å²) in [7, 11) is 0. The van der Waals surface area contributed by atoms with E-state index < -0.39 is 5.97 Å². The van der Waals surface area contributed by atoms with Gasteiger partial charge in [-0.1, -0.05) is 29.8 Å². The number of esters is 1. The molecule has 5 nitrogen and oxygen atoms in total. The Kier molecular flexibility index (Phi) is 4.16. The van der Waals surface area contributed by atoms with Crippen molar-refractivity contribution in [3.63, 3.8) is 0 Å². The summed E-state index contributed by atoms with van der Waals surface area (Å²) in [5, 5.41) is 0. The molecule has 0 aromatic heterocycles. The molecule has 3 rings (SSSR count). The summed E-state index contributed by atoms with van der Waals surface area (Å²) in [6.07, 6.45) is -0.0429. The van der Waals surface area contributed by atoms with Gasteiger partial charge in [0.15, 0.2) is 0 Å². The molecule has 0 N–H and O–H groups in total. The van der Waals surface area contributed by atoms with E-state index in [1.165, 1.54) is 0 Å². The lowest BCUT2D eigenvalue weighted by molar-refractivity contribution is -0.134. The third kappa shape index (κ3) is 2.93. The molecule has 1 aliphatic heterocycles. The highest BCUT2D eigenvalue weighted by Gasteiger charge is 2.35. The van der Waals surface area contributed by atoms with Gasteiger partial charge in [0.2, 0.25) is 0 Å². The average Bonchev–Trinajstić information content (AvgIpc) is 2.80. The van der Waals surface area contributed by atoms with Gasteiger partial charge in [-0.05, 0) is 37.6 Å². The first-order valence-corrected chi connectivity index (χ1v) is 7.70. The predicted molar refractivity (Wildman–Crippen MR) is 88.0 cm³/mol. The minimum Gasteiger partial charge on any atom is -0.426 e. The second-order valence-electron chi connectivity index (χ2n) is 5.80. The van der Waals surface area contributed by atoms with Crippen LogP contribution in [0.4, 0.5) is 0 Å². The van der Waals surface area contributed by atoms with Gasteiger partial charge in [-0.25, -0.2) is 0 Å². The Labute approximate surface area is 139 Å². The molecule has 2 amide bonds. The molecule has 0 unspecified atom stereocenters. The summed E-state index contributed by atoms with van der Waals surface area (Å²) in [5.41, 5.74) is 2.71. The van der Waals surface area contributed by atoms with Crippen LogP contribution in [0.2, 0.25) is 0 Å². The molecule has 0 bridgehead atoms. The first kappa shape index (κ1) is 15.9. The quantitative estimate of drug-likeness (QED) is 0.493. The zero-order valence-corrected chi connectivity index (χ0v) is 13.5. The van der Waals surface area contributed by atoms with Gasteiger partial charge >= 0.3 is 5.97 Å². The summed E-state index contributed by atoms with van der Waals surface area (Å²) in [6, 6.07) is 12.2. The van der Waals surface area contributed by atoms with E-state index in [0.717, 1.165) is 16.0 Å². The average molecular weight is 323 g/mol. The molecule has 0 radical (unpaired) electrons. The monoisotopic (exact) mass is 323 g/mol. The summed E-state index contributed by atoms with van der Waals surface area (Å²) >= 11 is 0. The van der Waals surface area contributed by atoms with Crippen molar-refractivity contribution < 1.29 is 19.1 Å². The van der Waals surface area contributed by atoms with Crippen LogP contribution >= 0.6 is 0 Å². The first-order valence-electron chi connectivity index (χ1n) is 7.70. The summed E-state index contributed by atoms with van der Waals surface area (Å²) in [5.74, 6) is -0.712. The third-order valence-electron chi connectivity index (χ3n) is 3.97. The number of aryl methyl sites for hydroxylation is 2. The molecule has 24 heavy (non-hydrogen) atoms. The molecule has 5 heteroatoms. The zero-order valence-electron chi connectivity index (χ0n) is 13.5. The van der Waals surface area contributed by atoms with Gasteiger partial charge in [0.1, 0.15) is 5.75 Å². The number of hydrogen-bond donors (Lipinski definition) is 0. The number of amides is 2. The molecule has 0 spiro atoms. The molecular weight excluding hydrogens is 306 g/mol. The Balaban J connectivity index is 1.63. The number of carbonyl (C=O) groups is 3. The number of fused-ring (bicyclic) bond motifs is 1. The summed E-state index contributed by atoms with van der Waals surface area (Å²) in [4.78, 5) is 37.6. The number of ether oxygens (including phenoxy) is 1. The van der Waals surface area contributed by atoms with Gasteiger partial charge in [0, 0.05) is 6.54 Å². The Morgan fingerprint density at radius 3 is 2.21 bits per heavy atom. The first-order chi connectivity index (χ1) is 11.5. The third-order valence-corrected chi connectivity index (χ3v) is 3.97. The Morgan fingerprint density at radius 1 is 1.00 bits per heavy atom. The Morgan fingerprint density at radius 2 is 1.62 bits per heavy atom. The highest BCUT2D eigenvalue weighted by Crippen LogP contribution is 2.23. The fourth-order valence-electron chi connectivity index (χ4n) is 2.73. The number of hydrogen-bond acceptors (Lipinski definition) is 4. The molecule has 1 aliphatic rings. The van der Waals surface area contributed by atoms with E-state index in [9.17, 15) is 14.4 Å². The second kappa shape index (κ2) is 6.28. The van der Waals surface area contributed by atoms with E-state index >= 15 is 0 Å². The zero-order chi connectivity index (χ0) is 17.3. The lowest BCUT2D eigenvalue weighted by atomic mass is 10.1. The van der Waals surface area contributed by atoms with Crippen LogP contribution in [0.15, 0.2) is 42.5 Å². The molecule has 2 aromatic carbocycles. The molecule has 122 valence electrons. The molecule has 2 aromatic rings. The number of nitrogens with zero attached hydrogens (tertiary/aromatic N) is 1. The van der Waals surface area contributed by atoms with E-state index in [0.29, 0.717) is 16.9 Å². The highest BCUT2D eigenvalue weighted by atomic mass is 16.5. The molecule has 0 saturated carbocycles. The fourth-order valence-corrected chi connectivity index (χ4v) is 2.73. The van der Waals surface area contributed by atoms with Gasteiger partial charge in [-0.15, -0.1) is 0 Å². The Hall–Kier alpha value is -2.95. The predicted octanol–water partition coefficient (Wildman–Crippen LogP) is 2.90. The number of carbonyl (C=O) groups excluding carboxylic acids is 3. The topological polar surface area (TPSA) is 63.7 Å². The van der Waals surface area contributed by atoms with E-state index in [-0.39, 0.29) is 24.8 Å². The number of rotatable bonds is 4.